The van der Waals surface area contributed by atoms with E-state index in [0.29, 0.717) is 0 Å². The van der Waals surface area contributed by atoms with Gasteiger partial charge >= 0.3 is 5.97 Å². The first-order valence-corrected chi connectivity index (χ1v) is 20.4. The largest absolute Gasteiger partial charge is 0.479 e. The number of hydrogen-bond acceptors (Lipinski definition) is 30. The minimum Gasteiger partial charge on any atom is -0.479 e. The summed E-state index contributed by atoms with van der Waals surface area (Å²) in [7, 11) is 0. The van der Waals surface area contributed by atoms with Crippen LogP contribution in [0.2, 0.25) is 0 Å². The van der Waals surface area contributed by atoms with E-state index in [4.69, 9.17) is 43.0 Å². The van der Waals surface area contributed by atoms with Crippen LogP contribution in [0, 0.1) is 0 Å². The van der Waals surface area contributed by atoms with Gasteiger partial charge < -0.3 is 150 Å². The molecule has 4 aliphatic heterocycles. The normalized spacial score (nSPS) is 43.8. The van der Waals surface area contributed by atoms with Gasteiger partial charge in [-0.15, -0.1) is 0 Å². The van der Waals surface area contributed by atoms with Gasteiger partial charge in [-0.1, -0.05) is 0 Å². The molecule has 0 saturated carbocycles. The molecule has 0 aromatic rings. The summed E-state index contributed by atoms with van der Waals surface area (Å²) in [6.45, 7) is -5.50. The van der Waals surface area contributed by atoms with E-state index < -0.39 is 217 Å². The molecule has 388 valence electrons. The number of hydrogen-bond donors (Lipinski definition) is 22. The third-order valence-electron chi connectivity index (χ3n) is 11.5. The molecule has 28 atom stereocenters. The van der Waals surface area contributed by atoms with Crippen LogP contribution in [0.15, 0.2) is 0 Å². The van der Waals surface area contributed by atoms with Crippen molar-refractivity contribution in [3.8, 4) is 0 Å². The molecule has 4 fully saturated rings. The van der Waals surface area contributed by atoms with Gasteiger partial charge in [-0.3, -0.25) is 0 Å². The summed E-state index contributed by atoms with van der Waals surface area (Å²) in [5, 5.41) is 229. The zero-order valence-electron chi connectivity index (χ0n) is 34.4. The zero-order chi connectivity index (χ0) is 49.6. The number of ether oxygens (including phenoxy) is 8. The van der Waals surface area contributed by atoms with Crippen LogP contribution in [0.1, 0.15) is 6.42 Å². The number of carboxylic acids is 1. The lowest BCUT2D eigenvalue weighted by Gasteiger charge is -2.49. The van der Waals surface area contributed by atoms with E-state index in [1.807, 2.05) is 0 Å². The van der Waals surface area contributed by atoms with Crippen molar-refractivity contribution in [3.63, 3.8) is 0 Å². The first-order chi connectivity index (χ1) is 30.9. The SMILES string of the molecule is O=C(O)[C@H](O)C[C@@H](O)[C@@H](O[C@H]1O[C@H]([C@@H](O)CO)[C@@H](O)[C@H](O[C@H]2O[C@H]([C@@H](O)CO[C@H]3O[C@H]([C@@H](O)CO)[C@@H](O)[C@H](O)[C@@H]3O)[C@@H](O)[C@H](O[C@H]3O[C@H](CO)[C@@H](O)[C@H](O)[C@H]3O)[C@@H]2O)[C@@H]1O)[C@H](O)[C@H](O)CO. The molecule has 0 aliphatic carbocycles. The van der Waals surface area contributed by atoms with E-state index in [0.717, 1.165) is 0 Å². The van der Waals surface area contributed by atoms with Gasteiger partial charge in [0.2, 0.25) is 0 Å². The highest BCUT2D eigenvalue weighted by Crippen LogP contribution is 2.35. The average Bonchev–Trinajstić information content (AvgIpc) is 3.29. The van der Waals surface area contributed by atoms with Gasteiger partial charge in [0.15, 0.2) is 31.3 Å². The van der Waals surface area contributed by atoms with E-state index in [1.54, 1.807) is 0 Å². The third kappa shape index (κ3) is 12.8. The number of carboxylic acid groups (broad SMARTS) is 1. The molecular weight excluding hydrogens is 916 g/mol. The maximum Gasteiger partial charge on any atom is 0.332 e. The summed E-state index contributed by atoms with van der Waals surface area (Å²) >= 11 is 0. The van der Waals surface area contributed by atoms with Crippen molar-refractivity contribution in [3.05, 3.63) is 0 Å². The molecule has 4 rings (SSSR count). The molecule has 0 radical (unpaired) electrons. The van der Waals surface area contributed by atoms with Crippen LogP contribution in [0.5, 0.6) is 0 Å². The maximum atomic E-state index is 11.6. The quantitative estimate of drug-likeness (QED) is 0.0479. The minimum atomic E-state index is -2.48. The molecule has 0 amide bonds. The number of aliphatic carboxylic acids is 1. The molecule has 0 unspecified atom stereocenters. The van der Waals surface area contributed by atoms with Crippen LogP contribution in [0.3, 0.4) is 0 Å². The van der Waals surface area contributed by atoms with E-state index in [2.05, 4.69) is 0 Å². The lowest BCUT2D eigenvalue weighted by atomic mass is 9.92. The van der Waals surface area contributed by atoms with Crippen LogP contribution in [-0.4, -0.2) is 323 Å². The van der Waals surface area contributed by atoms with E-state index in [9.17, 15) is 112 Å². The Balaban J connectivity index is 1.69. The summed E-state index contributed by atoms with van der Waals surface area (Å²) in [5.74, 6) is -1.87. The van der Waals surface area contributed by atoms with Gasteiger partial charge in [0.05, 0.1) is 39.1 Å². The Morgan fingerprint density at radius 2 is 0.939 bits per heavy atom. The van der Waals surface area contributed by atoms with Gasteiger partial charge in [-0.2, -0.15) is 0 Å². The van der Waals surface area contributed by atoms with Gasteiger partial charge in [-0.05, 0) is 0 Å². The summed E-state index contributed by atoms with van der Waals surface area (Å²) in [4.78, 5) is 11.3. The Kier molecular flexibility index (Phi) is 21.5. The van der Waals surface area contributed by atoms with Gasteiger partial charge in [0.1, 0.15) is 134 Å². The lowest BCUT2D eigenvalue weighted by molar-refractivity contribution is -0.391. The maximum absolute atomic E-state index is 11.6. The number of carbonyl (C=O) groups is 1. The van der Waals surface area contributed by atoms with Crippen molar-refractivity contribution in [2.45, 2.75) is 178 Å². The lowest BCUT2D eigenvalue weighted by Crippen LogP contribution is -2.68. The van der Waals surface area contributed by atoms with E-state index >= 15 is 0 Å². The Labute approximate surface area is 372 Å². The Hall–Kier alpha value is -1.69. The molecule has 22 N–H and O–H groups in total. The Bertz CT molecular complexity index is 1450. The smallest absolute Gasteiger partial charge is 0.332 e. The second-order valence-corrected chi connectivity index (χ2v) is 16.1. The summed E-state index contributed by atoms with van der Waals surface area (Å²) in [6, 6.07) is 0. The summed E-state index contributed by atoms with van der Waals surface area (Å²) in [5.41, 5.74) is 0. The molecule has 31 nitrogen and oxygen atoms in total. The predicted octanol–water partition coefficient (Wildman–Crippen LogP) is -14.4. The van der Waals surface area contributed by atoms with Crippen LogP contribution < -0.4 is 0 Å². The van der Waals surface area contributed by atoms with Crippen LogP contribution in [-0.2, 0) is 42.7 Å². The van der Waals surface area contributed by atoms with E-state index in [-0.39, 0.29) is 0 Å². The minimum absolute atomic E-state index is 0.983. The first kappa shape index (κ1) is 56.9. The van der Waals surface area contributed by atoms with Crippen molar-refractivity contribution in [2.75, 3.05) is 33.0 Å². The zero-order valence-corrected chi connectivity index (χ0v) is 34.4. The van der Waals surface area contributed by atoms with Crippen molar-refractivity contribution < 1.29 is 155 Å². The fourth-order valence-electron chi connectivity index (χ4n) is 7.56. The van der Waals surface area contributed by atoms with Crippen molar-refractivity contribution in [1.29, 1.82) is 0 Å². The highest BCUT2D eigenvalue weighted by molar-refractivity contribution is 5.71. The van der Waals surface area contributed by atoms with Crippen molar-refractivity contribution >= 4 is 5.97 Å². The average molecular weight is 979 g/mol. The van der Waals surface area contributed by atoms with Crippen LogP contribution >= 0.6 is 0 Å². The fraction of sp³-hybridized carbons (Fsp3) is 0.971. The van der Waals surface area contributed by atoms with Crippen LogP contribution in [0.25, 0.3) is 0 Å². The molecule has 4 saturated heterocycles. The predicted molar refractivity (Wildman–Crippen MR) is 198 cm³/mol. The monoisotopic (exact) mass is 978 g/mol. The number of rotatable bonds is 22. The highest BCUT2D eigenvalue weighted by atomic mass is 16.8. The van der Waals surface area contributed by atoms with Crippen molar-refractivity contribution in [2.24, 2.45) is 0 Å². The Morgan fingerprint density at radius 3 is 1.45 bits per heavy atom. The summed E-state index contributed by atoms with van der Waals surface area (Å²) < 4.78 is 43.8. The molecule has 0 spiro atoms. The van der Waals surface area contributed by atoms with Gasteiger partial charge in [0.25, 0.3) is 0 Å². The second kappa shape index (κ2) is 24.9. The topological polar surface area (TPSA) is 536 Å². The molecular formula is C35H62O31. The molecule has 4 aliphatic rings. The third-order valence-corrected chi connectivity index (χ3v) is 11.5. The fourth-order valence-corrected chi connectivity index (χ4v) is 7.56. The van der Waals surface area contributed by atoms with Gasteiger partial charge in [-0.25, -0.2) is 4.79 Å². The first-order valence-electron chi connectivity index (χ1n) is 20.4. The Morgan fingerprint density at radius 1 is 0.485 bits per heavy atom. The van der Waals surface area contributed by atoms with Crippen LogP contribution in [0.4, 0.5) is 0 Å². The molecule has 4 heterocycles. The summed E-state index contributed by atoms with van der Waals surface area (Å²) in [6.07, 6.45) is -61.8. The molecule has 0 aromatic heterocycles. The highest BCUT2D eigenvalue weighted by Gasteiger charge is 2.57. The molecule has 66 heavy (non-hydrogen) atoms. The number of aliphatic hydroxyl groups is 21. The van der Waals surface area contributed by atoms with Crippen molar-refractivity contribution in [1.82, 2.24) is 0 Å². The standard InChI is InChI=1S/C35H62O31/c36-2-9(42)14(46)25(7(40)1-8(41)31(57)58)62-34-23(55)29(21(53)27(63-34)11(44)4-38)66-35-24(56)30(65-33-20(52)16(48)15(47)13(5-39)60-33)22(54)28(64-35)12(45)6-59-32-19(51)17(49)18(50)26(61-32)10(43)3-37/h7-30,32-56H,1-6H2,(H,57,58)/t7-,8-,9-,10+,11+,12+,13-,14-,15-,16+,17+,18+,19+,20-,21-,22-,23+,24+,25-,26-,27-,28-,29+,30+,32+,33-,34+,35-/m1/s1. The number of aliphatic hydroxyl groups excluding tert-OH is 21. The molecule has 31 heteroatoms. The van der Waals surface area contributed by atoms with Gasteiger partial charge in [0, 0.05) is 6.42 Å². The second-order valence-electron chi connectivity index (χ2n) is 16.1. The molecule has 0 aromatic carbocycles. The van der Waals surface area contributed by atoms with E-state index in [1.165, 1.54) is 0 Å². The molecule has 0 bridgehead atoms.